The van der Waals surface area contributed by atoms with Crippen LogP contribution in [0.3, 0.4) is 0 Å². The maximum Gasteiger partial charge on any atom is 0.310 e. The summed E-state index contributed by atoms with van der Waals surface area (Å²) >= 11 is 3.44. The second kappa shape index (κ2) is 4.90. The smallest absolute Gasteiger partial charge is 0.310 e. The summed E-state index contributed by atoms with van der Waals surface area (Å²) in [6, 6.07) is 5.14. The zero-order valence-electron chi connectivity index (χ0n) is 10.2. The van der Waals surface area contributed by atoms with Gasteiger partial charge in [0.15, 0.2) is 0 Å². The lowest BCUT2D eigenvalue weighted by molar-refractivity contribution is -0.147. The Morgan fingerprint density at radius 3 is 2.89 bits per heavy atom. The van der Waals surface area contributed by atoms with E-state index >= 15 is 0 Å². The Morgan fingerprint density at radius 1 is 1.56 bits per heavy atom. The summed E-state index contributed by atoms with van der Waals surface area (Å²) in [6.45, 7) is 3.75. The lowest BCUT2D eigenvalue weighted by Gasteiger charge is -2.20. The molecule has 1 atom stereocenters. The number of nitrogens with zero attached hydrogens (tertiary/aromatic N) is 1. The number of aromatic hydroxyl groups is 1. The number of hydrogen-bond donors (Lipinski definition) is 2. The quantitative estimate of drug-likeness (QED) is 0.900. The average molecular weight is 314 g/mol. The molecular formula is C13H16BrNO3. The largest absolute Gasteiger partial charge is 0.508 e. The van der Waals surface area contributed by atoms with Gasteiger partial charge in [0.05, 0.1) is 5.41 Å². The minimum absolute atomic E-state index is 0.230. The molecule has 0 radical (unpaired) electrons. The number of phenols is 1. The van der Waals surface area contributed by atoms with Gasteiger partial charge in [-0.05, 0) is 43.7 Å². The van der Waals surface area contributed by atoms with Gasteiger partial charge in [-0.15, -0.1) is 0 Å². The van der Waals surface area contributed by atoms with E-state index in [1.807, 2.05) is 0 Å². The summed E-state index contributed by atoms with van der Waals surface area (Å²) in [4.78, 5) is 13.3. The van der Waals surface area contributed by atoms with Gasteiger partial charge >= 0.3 is 5.97 Å². The summed E-state index contributed by atoms with van der Waals surface area (Å²) in [6.07, 6.45) is 0.665. The van der Waals surface area contributed by atoms with Crippen molar-refractivity contribution >= 4 is 21.9 Å². The fraction of sp³-hybridized carbons (Fsp3) is 0.462. The number of hydrogen-bond acceptors (Lipinski definition) is 3. The first kappa shape index (κ1) is 13.4. The predicted molar refractivity (Wildman–Crippen MR) is 71.4 cm³/mol. The maximum absolute atomic E-state index is 11.2. The molecule has 0 amide bonds. The number of carboxylic acids is 1. The lowest BCUT2D eigenvalue weighted by atomic mass is 9.90. The number of rotatable bonds is 3. The van der Waals surface area contributed by atoms with Gasteiger partial charge in [0, 0.05) is 17.6 Å². The fourth-order valence-electron chi connectivity index (χ4n) is 2.29. The normalized spacial score (nSPS) is 24.3. The van der Waals surface area contributed by atoms with Crippen LogP contribution in [-0.4, -0.2) is 34.2 Å². The van der Waals surface area contributed by atoms with Crippen molar-refractivity contribution in [3.63, 3.8) is 0 Å². The Kier molecular flexibility index (Phi) is 3.64. The van der Waals surface area contributed by atoms with Crippen LogP contribution in [0.5, 0.6) is 5.75 Å². The third kappa shape index (κ3) is 2.67. The molecule has 5 heteroatoms. The second-order valence-corrected chi connectivity index (χ2v) is 5.96. The Morgan fingerprint density at radius 2 is 2.28 bits per heavy atom. The van der Waals surface area contributed by atoms with E-state index in [4.69, 9.17) is 0 Å². The first-order valence-corrected chi connectivity index (χ1v) is 6.63. The molecule has 1 aromatic rings. The van der Waals surface area contributed by atoms with Crippen LogP contribution >= 0.6 is 15.9 Å². The fourth-order valence-corrected chi connectivity index (χ4v) is 2.66. The molecule has 18 heavy (non-hydrogen) atoms. The van der Waals surface area contributed by atoms with Crippen molar-refractivity contribution in [2.45, 2.75) is 19.9 Å². The molecule has 0 aromatic heterocycles. The van der Waals surface area contributed by atoms with Crippen LogP contribution in [0.4, 0.5) is 0 Å². The van der Waals surface area contributed by atoms with Crippen LogP contribution in [0, 0.1) is 5.41 Å². The Hall–Kier alpha value is -1.07. The van der Waals surface area contributed by atoms with Crippen molar-refractivity contribution in [3.8, 4) is 5.75 Å². The minimum Gasteiger partial charge on any atom is -0.508 e. The maximum atomic E-state index is 11.2. The number of benzene rings is 1. The van der Waals surface area contributed by atoms with Crippen LogP contribution in [-0.2, 0) is 11.3 Å². The van der Waals surface area contributed by atoms with Gasteiger partial charge in [-0.2, -0.15) is 0 Å². The van der Waals surface area contributed by atoms with E-state index in [0.29, 0.717) is 19.5 Å². The summed E-state index contributed by atoms with van der Waals surface area (Å²) in [5, 5.41) is 18.6. The molecule has 2 rings (SSSR count). The Balaban J connectivity index is 2.08. The van der Waals surface area contributed by atoms with Gasteiger partial charge in [0.1, 0.15) is 5.75 Å². The minimum atomic E-state index is -0.736. The van der Waals surface area contributed by atoms with Crippen molar-refractivity contribution in [2.75, 3.05) is 13.1 Å². The molecule has 0 saturated carbocycles. The third-order valence-corrected chi connectivity index (χ3v) is 4.27. The monoisotopic (exact) mass is 313 g/mol. The third-order valence-electron chi connectivity index (χ3n) is 3.49. The second-order valence-electron chi connectivity index (χ2n) is 5.10. The molecule has 1 saturated heterocycles. The lowest BCUT2D eigenvalue weighted by Crippen LogP contribution is -2.31. The van der Waals surface area contributed by atoms with Gasteiger partial charge < -0.3 is 10.2 Å². The average Bonchev–Trinajstić information content (AvgIpc) is 2.67. The van der Waals surface area contributed by atoms with Crippen LogP contribution in [0.15, 0.2) is 22.7 Å². The van der Waals surface area contributed by atoms with Gasteiger partial charge in [0.25, 0.3) is 0 Å². The van der Waals surface area contributed by atoms with Crippen molar-refractivity contribution < 1.29 is 15.0 Å². The van der Waals surface area contributed by atoms with E-state index in [0.717, 1.165) is 16.6 Å². The van der Waals surface area contributed by atoms with Gasteiger partial charge in [-0.1, -0.05) is 15.9 Å². The molecule has 1 unspecified atom stereocenters. The molecule has 98 valence electrons. The number of likely N-dealkylation sites (tertiary alicyclic amines) is 1. The number of carboxylic acid groups (broad SMARTS) is 1. The highest BCUT2D eigenvalue weighted by atomic mass is 79.9. The molecule has 1 heterocycles. The van der Waals surface area contributed by atoms with Crippen molar-refractivity contribution in [2.24, 2.45) is 5.41 Å². The highest BCUT2D eigenvalue weighted by Crippen LogP contribution is 2.32. The van der Waals surface area contributed by atoms with Crippen LogP contribution < -0.4 is 0 Å². The van der Waals surface area contributed by atoms with Crippen molar-refractivity contribution in [1.29, 1.82) is 0 Å². The molecule has 2 N–H and O–H groups in total. The number of carbonyl (C=O) groups is 1. The first-order chi connectivity index (χ1) is 8.40. The van der Waals surface area contributed by atoms with E-state index in [-0.39, 0.29) is 5.75 Å². The topological polar surface area (TPSA) is 60.8 Å². The van der Waals surface area contributed by atoms with Crippen LogP contribution in [0.1, 0.15) is 18.9 Å². The van der Waals surface area contributed by atoms with E-state index < -0.39 is 11.4 Å². The van der Waals surface area contributed by atoms with Crippen LogP contribution in [0.2, 0.25) is 0 Å². The highest BCUT2D eigenvalue weighted by Gasteiger charge is 2.40. The molecule has 0 spiro atoms. The van der Waals surface area contributed by atoms with E-state index in [9.17, 15) is 15.0 Å². The van der Waals surface area contributed by atoms with E-state index in [1.54, 1.807) is 25.1 Å². The summed E-state index contributed by atoms with van der Waals surface area (Å²) in [7, 11) is 0. The standard InChI is InChI=1S/C13H16BrNO3/c1-13(12(17)18)4-5-15(8-13)7-9-6-10(16)2-3-11(9)14/h2-3,6,16H,4-5,7-8H2,1H3,(H,17,18). The molecular weight excluding hydrogens is 298 g/mol. The molecule has 4 nitrogen and oxygen atoms in total. The van der Waals surface area contributed by atoms with Gasteiger partial charge in [-0.3, -0.25) is 9.69 Å². The summed E-state index contributed by atoms with van der Waals surface area (Å²) in [5.41, 5.74) is 0.327. The van der Waals surface area contributed by atoms with E-state index in [2.05, 4.69) is 20.8 Å². The molecule has 0 bridgehead atoms. The van der Waals surface area contributed by atoms with Gasteiger partial charge in [0.2, 0.25) is 0 Å². The Labute approximate surface area is 114 Å². The zero-order valence-corrected chi connectivity index (χ0v) is 11.8. The first-order valence-electron chi connectivity index (χ1n) is 5.84. The zero-order chi connectivity index (χ0) is 13.3. The van der Waals surface area contributed by atoms with Gasteiger partial charge in [-0.25, -0.2) is 0 Å². The van der Waals surface area contributed by atoms with Crippen molar-refractivity contribution in [3.05, 3.63) is 28.2 Å². The molecule has 1 aromatic carbocycles. The number of phenolic OH excluding ortho intramolecular Hbond substituents is 1. The molecule has 1 aliphatic rings. The van der Waals surface area contributed by atoms with Crippen molar-refractivity contribution in [1.82, 2.24) is 4.90 Å². The SMILES string of the molecule is CC1(C(=O)O)CCN(Cc2cc(O)ccc2Br)C1. The molecule has 0 aliphatic carbocycles. The van der Waals surface area contributed by atoms with E-state index in [1.165, 1.54) is 0 Å². The number of halogens is 1. The molecule has 1 fully saturated rings. The highest BCUT2D eigenvalue weighted by molar-refractivity contribution is 9.10. The summed E-state index contributed by atoms with van der Waals surface area (Å²) < 4.78 is 0.934. The molecule has 1 aliphatic heterocycles. The summed E-state index contributed by atoms with van der Waals surface area (Å²) in [5.74, 6) is -0.506. The predicted octanol–water partition coefficient (Wildman–Crippen LogP) is 2.45. The number of aliphatic carboxylic acids is 1. The van der Waals surface area contributed by atoms with Crippen LogP contribution in [0.25, 0.3) is 0 Å². The Bertz CT molecular complexity index is 477.